The maximum atomic E-state index is 6.00. The van der Waals surface area contributed by atoms with E-state index in [1.807, 2.05) is 0 Å². The fourth-order valence-corrected chi connectivity index (χ4v) is 23.3. The zero-order valence-corrected chi connectivity index (χ0v) is 47.0. The molecule has 0 aromatic carbocycles. The van der Waals surface area contributed by atoms with Gasteiger partial charge in [-0.15, -0.1) is 0 Å². The molecule has 428 valence electrons. The van der Waals surface area contributed by atoms with Crippen molar-refractivity contribution in [1.82, 2.24) is 53.0 Å². The highest BCUT2D eigenvalue weighted by atomic mass is 16.7. The average Bonchev–Trinajstić information content (AvgIpc) is 4.44. The number of hydrogen-bond acceptors (Lipinski definition) is 14. The van der Waals surface area contributed by atoms with Gasteiger partial charge in [0.2, 0.25) is 0 Å². The molecule has 16 atom stereocenters. The largest absolute Gasteiger partial charge is 0.294 e. The first-order valence-corrected chi connectivity index (χ1v) is 33.7. The van der Waals surface area contributed by atoms with Crippen molar-refractivity contribution < 1.29 is 19.4 Å². The van der Waals surface area contributed by atoms with Crippen LogP contribution in [0.1, 0.15) is 205 Å². The molecule has 15 rings (SSSR count). The van der Waals surface area contributed by atoms with Crippen LogP contribution in [-0.2, 0) is 19.4 Å². The number of rotatable bonds is 10. The summed E-state index contributed by atoms with van der Waals surface area (Å²) in [6.45, 7) is 3.18. The second-order valence-corrected chi connectivity index (χ2v) is 29.5. The number of fused-ring (bicyclic) bond motifs is 7. The molecule has 14 heteroatoms. The molecule has 9 aliphatic carbocycles. The van der Waals surface area contributed by atoms with E-state index < -0.39 is 0 Å². The van der Waals surface area contributed by atoms with Crippen molar-refractivity contribution in [3.8, 4) is 0 Å². The van der Waals surface area contributed by atoms with Gasteiger partial charge in [0.25, 0.3) is 0 Å². The molecule has 0 aromatic heterocycles. The van der Waals surface area contributed by atoms with Crippen molar-refractivity contribution in [2.24, 2.45) is 94.7 Å². The monoisotopic (exact) mass is 1050 g/mol. The first kappa shape index (κ1) is 52.3. The van der Waals surface area contributed by atoms with Gasteiger partial charge in [0.15, 0.2) is 0 Å². The molecular weight excluding hydrogens is 949 g/mol. The Bertz CT molecular complexity index is 1650. The average molecular weight is 1060 g/mol. The summed E-state index contributed by atoms with van der Waals surface area (Å²) < 4.78 is 0. The van der Waals surface area contributed by atoms with Gasteiger partial charge in [0, 0.05) is 59.9 Å². The summed E-state index contributed by atoms with van der Waals surface area (Å²) in [4.78, 5) is 31.0. The molecule has 9 saturated carbocycles. The van der Waals surface area contributed by atoms with Crippen LogP contribution in [0.2, 0.25) is 0 Å². The third-order valence-electron chi connectivity index (χ3n) is 26.5. The molecular formula is C62H106N10O4. The lowest BCUT2D eigenvalue weighted by atomic mass is 9.61. The molecule has 0 spiro atoms. The molecule has 15 fully saturated rings. The Balaban J connectivity index is 0.693. The van der Waals surface area contributed by atoms with E-state index in [0.717, 1.165) is 134 Å². The molecule has 6 heterocycles. The van der Waals surface area contributed by atoms with Crippen molar-refractivity contribution in [2.45, 2.75) is 267 Å². The van der Waals surface area contributed by atoms with Crippen LogP contribution in [0.3, 0.4) is 0 Å². The molecule has 0 bridgehead atoms. The fourth-order valence-electron chi connectivity index (χ4n) is 23.3. The summed E-state index contributed by atoms with van der Waals surface area (Å²) >= 11 is 0. The fraction of sp³-hybridized carbons (Fsp3) is 1.00. The molecule has 16 unspecified atom stereocenters. The van der Waals surface area contributed by atoms with Crippen LogP contribution in [0, 0.1) is 94.7 Å². The van der Waals surface area contributed by atoms with Crippen molar-refractivity contribution in [1.29, 1.82) is 0 Å². The lowest BCUT2D eigenvalue weighted by Crippen LogP contribution is -2.55. The molecule has 15 aliphatic rings. The molecule has 0 radical (unpaired) electrons. The smallest absolute Gasteiger partial charge is 0.133 e. The van der Waals surface area contributed by atoms with E-state index in [4.69, 9.17) is 19.4 Å². The highest BCUT2D eigenvalue weighted by Gasteiger charge is 2.64. The number of nitrogens with one attached hydrogen (secondary N) is 8. The molecule has 8 N–H and O–H groups in total. The van der Waals surface area contributed by atoms with Crippen LogP contribution >= 0.6 is 0 Å². The Kier molecular flexibility index (Phi) is 16.0. The minimum absolute atomic E-state index is 0.212. The van der Waals surface area contributed by atoms with Gasteiger partial charge in [-0.3, -0.25) is 50.4 Å². The van der Waals surface area contributed by atoms with Gasteiger partial charge in [0.1, 0.15) is 24.9 Å². The van der Waals surface area contributed by atoms with Crippen molar-refractivity contribution in [3.63, 3.8) is 0 Å². The van der Waals surface area contributed by atoms with E-state index in [1.165, 1.54) is 205 Å². The van der Waals surface area contributed by atoms with Crippen LogP contribution in [0.5, 0.6) is 0 Å². The second-order valence-electron chi connectivity index (χ2n) is 29.5. The lowest BCUT2D eigenvalue weighted by Gasteiger charge is -2.52. The van der Waals surface area contributed by atoms with E-state index in [9.17, 15) is 0 Å². The molecule has 0 amide bonds. The lowest BCUT2D eigenvalue weighted by molar-refractivity contribution is -0.0454. The van der Waals surface area contributed by atoms with Gasteiger partial charge in [-0.2, -0.15) is 21.9 Å². The van der Waals surface area contributed by atoms with Crippen LogP contribution in [-0.4, -0.2) is 97.6 Å². The molecule has 0 aromatic rings. The standard InChI is InChI=1S/C62H106N10O4/c1-3-7-53-51(5-1)57-55(71(53)49-29-45(37-9-17-41(18-10-37)59-63-33-67-73-59)27-46(30-49)38-11-19-42(20-12-38)60-64-34-68-74-60)25-26-56-58(57)52-6-2-4-8-54(52)72(56)50-31-47(39-13-21-43(22-14-39)61-65-35-69-75-61)28-48(32-50)40-15-23-44(24-16-40)62-66-36-70-76-62/h37-70H,1-36H2. The summed E-state index contributed by atoms with van der Waals surface area (Å²) in [7, 11) is 0. The molecule has 14 nitrogen and oxygen atoms in total. The van der Waals surface area contributed by atoms with E-state index in [-0.39, 0.29) is 24.9 Å². The van der Waals surface area contributed by atoms with E-state index in [1.54, 1.807) is 0 Å². The van der Waals surface area contributed by atoms with Crippen LogP contribution in [0.4, 0.5) is 0 Å². The molecule has 6 saturated heterocycles. The minimum atomic E-state index is 0.212. The SMILES string of the molecule is C1CCC2C(C1)C1C3C4CCCCC4N(C4CC(C5CCC(C6NCNO6)CC5)CC(C5CCC(C6NCNO6)CC5)C4)C3CCC1N2C1CC(C2CCC(C3NCNO3)CC2)CC(C2CCC(C3NCNO3)CC2)C1. The predicted octanol–water partition coefficient (Wildman–Crippen LogP) is 8.93. The number of nitrogens with zero attached hydrogens (tertiary/aromatic N) is 2. The minimum Gasteiger partial charge on any atom is -0.294 e. The number of likely N-dealkylation sites (tertiary alicyclic amines) is 2. The van der Waals surface area contributed by atoms with E-state index >= 15 is 0 Å². The van der Waals surface area contributed by atoms with Gasteiger partial charge in [-0.05, 0) is 251 Å². The van der Waals surface area contributed by atoms with Gasteiger partial charge in [-0.25, -0.2) is 0 Å². The Morgan fingerprint density at radius 3 is 0.803 bits per heavy atom. The highest BCUT2D eigenvalue weighted by Crippen LogP contribution is 2.63. The zero-order valence-electron chi connectivity index (χ0n) is 47.0. The van der Waals surface area contributed by atoms with Gasteiger partial charge in [0.05, 0.1) is 26.7 Å². The molecule has 6 aliphatic heterocycles. The third kappa shape index (κ3) is 10.2. The summed E-state index contributed by atoms with van der Waals surface area (Å²) in [6, 6.07) is 4.97. The first-order valence-electron chi connectivity index (χ1n) is 33.7. The number of hydroxylamine groups is 4. The first-order chi connectivity index (χ1) is 37.6. The maximum absolute atomic E-state index is 6.00. The van der Waals surface area contributed by atoms with Crippen LogP contribution in [0.15, 0.2) is 0 Å². The second kappa shape index (κ2) is 23.2. The Morgan fingerprint density at radius 1 is 0.250 bits per heavy atom. The Hall–Kier alpha value is -0.560. The highest BCUT2D eigenvalue weighted by molar-refractivity contribution is 5.17. The number of hydrogen-bond donors (Lipinski definition) is 8. The van der Waals surface area contributed by atoms with Gasteiger partial charge >= 0.3 is 0 Å². The molecule has 76 heavy (non-hydrogen) atoms. The topological polar surface area (TPSA) is 140 Å². The third-order valence-corrected chi connectivity index (χ3v) is 26.5. The summed E-state index contributed by atoms with van der Waals surface area (Å²) in [5.74, 6) is 13.6. The van der Waals surface area contributed by atoms with Crippen molar-refractivity contribution in [3.05, 3.63) is 0 Å². The predicted molar refractivity (Wildman–Crippen MR) is 294 cm³/mol. The van der Waals surface area contributed by atoms with Crippen molar-refractivity contribution >= 4 is 0 Å². The van der Waals surface area contributed by atoms with Crippen LogP contribution < -0.4 is 43.2 Å². The summed E-state index contributed by atoms with van der Waals surface area (Å²) in [5.41, 5.74) is 12.5. The Morgan fingerprint density at radius 2 is 0.526 bits per heavy atom. The summed E-state index contributed by atoms with van der Waals surface area (Å²) in [5, 5.41) is 14.5. The maximum Gasteiger partial charge on any atom is 0.133 e. The Labute approximate surface area is 458 Å². The van der Waals surface area contributed by atoms with Crippen molar-refractivity contribution in [2.75, 3.05) is 26.7 Å². The normalized spacial score (nSPS) is 53.5. The zero-order chi connectivity index (χ0) is 50.1. The van der Waals surface area contributed by atoms with Gasteiger partial charge in [-0.1, -0.05) is 25.7 Å². The quantitative estimate of drug-likeness (QED) is 0.106. The van der Waals surface area contributed by atoms with Crippen LogP contribution in [0.25, 0.3) is 0 Å². The summed E-state index contributed by atoms with van der Waals surface area (Å²) in [6.07, 6.45) is 46.9. The van der Waals surface area contributed by atoms with E-state index in [2.05, 4.69) is 53.0 Å². The van der Waals surface area contributed by atoms with E-state index in [0.29, 0.717) is 23.7 Å². The van der Waals surface area contributed by atoms with Gasteiger partial charge < -0.3 is 0 Å².